The topological polar surface area (TPSA) is 61.0 Å². The highest BCUT2D eigenvalue weighted by Gasteiger charge is 2.31. The minimum atomic E-state index is -4.71. The molecule has 0 radical (unpaired) electrons. The number of hydrogen-bond donors (Lipinski definition) is 1. The fraction of sp³-hybridized carbons (Fsp3) is 0.0909. The van der Waals surface area contributed by atoms with Crippen LogP contribution < -0.4 is 10.5 Å². The van der Waals surface area contributed by atoms with E-state index in [4.69, 9.17) is 5.73 Å². The van der Waals surface area contributed by atoms with Crippen LogP contribution >= 0.6 is 0 Å². The smallest absolute Gasteiger partial charge is 0.406 e. The third-order valence-electron chi connectivity index (χ3n) is 2.07. The van der Waals surface area contributed by atoms with E-state index < -0.39 is 6.36 Å². The van der Waals surface area contributed by atoms with E-state index in [9.17, 15) is 13.2 Å². The molecule has 0 unspecified atom stereocenters. The van der Waals surface area contributed by atoms with Crippen LogP contribution in [-0.4, -0.2) is 16.3 Å². The van der Waals surface area contributed by atoms with E-state index in [0.29, 0.717) is 11.1 Å². The SMILES string of the molecule is Nc1ncc(-c2cccc(OC(F)(F)F)c2)cn1. The van der Waals surface area contributed by atoms with Crippen LogP contribution in [0.4, 0.5) is 19.1 Å². The normalized spacial score (nSPS) is 11.3. The lowest BCUT2D eigenvalue weighted by Crippen LogP contribution is -2.17. The summed E-state index contributed by atoms with van der Waals surface area (Å²) in [7, 11) is 0. The molecular formula is C11H8F3N3O. The quantitative estimate of drug-likeness (QED) is 0.896. The number of rotatable bonds is 2. The second-order valence-corrected chi connectivity index (χ2v) is 3.41. The van der Waals surface area contributed by atoms with Crippen molar-refractivity contribution in [3.05, 3.63) is 36.7 Å². The Balaban J connectivity index is 2.29. The maximum Gasteiger partial charge on any atom is 0.573 e. The third-order valence-corrected chi connectivity index (χ3v) is 2.07. The molecule has 2 N–H and O–H groups in total. The fourth-order valence-corrected chi connectivity index (χ4v) is 1.36. The van der Waals surface area contributed by atoms with E-state index in [-0.39, 0.29) is 11.7 Å². The molecule has 7 heteroatoms. The molecule has 1 aromatic carbocycles. The second kappa shape index (κ2) is 4.52. The largest absolute Gasteiger partial charge is 0.573 e. The van der Waals surface area contributed by atoms with Gasteiger partial charge in [-0.3, -0.25) is 0 Å². The number of nitrogens with two attached hydrogens (primary N) is 1. The Morgan fingerprint density at radius 1 is 1.06 bits per heavy atom. The molecule has 2 rings (SSSR count). The van der Waals surface area contributed by atoms with Gasteiger partial charge in [0.05, 0.1) is 0 Å². The number of nitrogens with zero attached hydrogens (tertiary/aromatic N) is 2. The van der Waals surface area contributed by atoms with Crippen molar-refractivity contribution in [2.45, 2.75) is 6.36 Å². The molecule has 0 amide bonds. The van der Waals surface area contributed by atoms with Gasteiger partial charge in [0.25, 0.3) is 0 Å². The maximum absolute atomic E-state index is 12.1. The summed E-state index contributed by atoms with van der Waals surface area (Å²) in [4.78, 5) is 7.53. The van der Waals surface area contributed by atoms with Gasteiger partial charge in [-0.15, -0.1) is 13.2 Å². The molecule has 94 valence electrons. The zero-order valence-electron chi connectivity index (χ0n) is 8.98. The monoisotopic (exact) mass is 255 g/mol. The first-order valence-electron chi connectivity index (χ1n) is 4.88. The summed E-state index contributed by atoms with van der Waals surface area (Å²) in [6.45, 7) is 0. The summed E-state index contributed by atoms with van der Waals surface area (Å²) in [5, 5.41) is 0. The summed E-state index contributed by atoms with van der Waals surface area (Å²) in [6, 6.07) is 5.54. The van der Waals surface area contributed by atoms with Crippen LogP contribution in [0, 0.1) is 0 Å². The van der Waals surface area contributed by atoms with Crippen LogP contribution in [0.5, 0.6) is 5.75 Å². The molecule has 0 aliphatic carbocycles. The number of halogens is 3. The van der Waals surface area contributed by atoms with Crippen molar-refractivity contribution in [3.8, 4) is 16.9 Å². The number of aromatic nitrogens is 2. The van der Waals surface area contributed by atoms with Crippen molar-refractivity contribution < 1.29 is 17.9 Å². The number of anilines is 1. The molecule has 2 aromatic rings. The highest BCUT2D eigenvalue weighted by molar-refractivity contribution is 5.63. The molecule has 4 nitrogen and oxygen atoms in total. The lowest BCUT2D eigenvalue weighted by Gasteiger charge is -2.09. The average molecular weight is 255 g/mol. The number of hydrogen-bond acceptors (Lipinski definition) is 4. The second-order valence-electron chi connectivity index (χ2n) is 3.41. The van der Waals surface area contributed by atoms with Gasteiger partial charge in [0.2, 0.25) is 5.95 Å². The number of alkyl halides is 3. The molecule has 0 saturated heterocycles. The summed E-state index contributed by atoms with van der Waals surface area (Å²) >= 11 is 0. The van der Waals surface area contributed by atoms with E-state index >= 15 is 0 Å². The van der Waals surface area contributed by atoms with E-state index in [0.717, 1.165) is 0 Å². The van der Waals surface area contributed by atoms with Crippen LogP contribution in [0.2, 0.25) is 0 Å². The van der Waals surface area contributed by atoms with Crippen molar-refractivity contribution >= 4 is 5.95 Å². The van der Waals surface area contributed by atoms with Gasteiger partial charge in [0.1, 0.15) is 5.75 Å². The molecular weight excluding hydrogens is 247 g/mol. The minimum absolute atomic E-state index is 0.0986. The van der Waals surface area contributed by atoms with Gasteiger partial charge in [0.15, 0.2) is 0 Å². The standard InChI is InChI=1S/C11H8F3N3O/c12-11(13,14)18-9-3-1-2-7(4-9)8-5-16-10(15)17-6-8/h1-6H,(H2,15,16,17). The average Bonchev–Trinajstić information content (AvgIpc) is 2.28. The van der Waals surface area contributed by atoms with Crippen molar-refractivity contribution in [2.24, 2.45) is 0 Å². The molecule has 0 saturated carbocycles. The van der Waals surface area contributed by atoms with Gasteiger partial charge in [0, 0.05) is 18.0 Å². The van der Waals surface area contributed by atoms with Crippen molar-refractivity contribution in [3.63, 3.8) is 0 Å². The van der Waals surface area contributed by atoms with E-state index in [1.54, 1.807) is 6.07 Å². The van der Waals surface area contributed by atoms with Crippen LogP contribution in [0.15, 0.2) is 36.7 Å². The van der Waals surface area contributed by atoms with E-state index in [2.05, 4.69) is 14.7 Å². The molecule has 18 heavy (non-hydrogen) atoms. The number of benzene rings is 1. The Morgan fingerprint density at radius 2 is 1.72 bits per heavy atom. The number of nitrogen functional groups attached to an aromatic ring is 1. The molecule has 0 bridgehead atoms. The molecule has 0 fully saturated rings. The van der Waals surface area contributed by atoms with Gasteiger partial charge in [-0.2, -0.15) is 0 Å². The van der Waals surface area contributed by atoms with Crippen LogP contribution in [0.3, 0.4) is 0 Å². The first-order chi connectivity index (χ1) is 8.44. The molecule has 0 aliphatic heterocycles. The summed E-state index contributed by atoms with van der Waals surface area (Å²) in [6.07, 6.45) is -1.86. The summed E-state index contributed by atoms with van der Waals surface area (Å²) in [5.74, 6) is -0.196. The van der Waals surface area contributed by atoms with Crippen molar-refractivity contribution in [1.29, 1.82) is 0 Å². The van der Waals surface area contributed by atoms with Crippen molar-refractivity contribution in [1.82, 2.24) is 9.97 Å². The molecule has 1 heterocycles. The van der Waals surface area contributed by atoms with Gasteiger partial charge < -0.3 is 10.5 Å². The summed E-state index contributed by atoms with van der Waals surface area (Å²) < 4.78 is 40.0. The van der Waals surface area contributed by atoms with E-state index in [1.165, 1.54) is 30.6 Å². The zero-order valence-corrected chi connectivity index (χ0v) is 8.98. The first kappa shape index (κ1) is 12.2. The predicted octanol–water partition coefficient (Wildman–Crippen LogP) is 2.62. The first-order valence-corrected chi connectivity index (χ1v) is 4.88. The van der Waals surface area contributed by atoms with Gasteiger partial charge >= 0.3 is 6.36 Å². The van der Waals surface area contributed by atoms with Crippen LogP contribution in [0.25, 0.3) is 11.1 Å². The Labute approximate surface area is 100 Å². The van der Waals surface area contributed by atoms with Crippen LogP contribution in [-0.2, 0) is 0 Å². The Bertz CT molecular complexity index is 540. The van der Waals surface area contributed by atoms with Gasteiger partial charge in [-0.1, -0.05) is 12.1 Å². The molecule has 0 aliphatic rings. The van der Waals surface area contributed by atoms with Gasteiger partial charge in [-0.05, 0) is 17.7 Å². The molecule has 0 atom stereocenters. The minimum Gasteiger partial charge on any atom is -0.406 e. The van der Waals surface area contributed by atoms with E-state index in [1.807, 2.05) is 0 Å². The summed E-state index contributed by atoms with van der Waals surface area (Å²) in [5.41, 5.74) is 6.39. The lowest BCUT2D eigenvalue weighted by molar-refractivity contribution is -0.274. The van der Waals surface area contributed by atoms with Gasteiger partial charge in [-0.25, -0.2) is 9.97 Å². The Hall–Kier alpha value is -2.31. The lowest BCUT2D eigenvalue weighted by atomic mass is 10.1. The Kier molecular flexibility index (Phi) is 3.05. The Morgan fingerprint density at radius 3 is 2.33 bits per heavy atom. The fourth-order valence-electron chi connectivity index (χ4n) is 1.36. The third kappa shape index (κ3) is 3.09. The predicted molar refractivity (Wildman–Crippen MR) is 58.6 cm³/mol. The van der Waals surface area contributed by atoms with Crippen molar-refractivity contribution in [2.75, 3.05) is 5.73 Å². The highest BCUT2D eigenvalue weighted by atomic mass is 19.4. The number of ether oxygens (including phenoxy) is 1. The van der Waals surface area contributed by atoms with Crippen LogP contribution in [0.1, 0.15) is 0 Å². The molecule has 0 spiro atoms. The highest BCUT2D eigenvalue weighted by Crippen LogP contribution is 2.27. The maximum atomic E-state index is 12.1. The zero-order chi connectivity index (χ0) is 13.2. The molecule has 1 aromatic heterocycles.